The zero-order valence-electron chi connectivity index (χ0n) is 16.4. The van der Waals surface area contributed by atoms with E-state index in [1.165, 1.54) is 0 Å². The van der Waals surface area contributed by atoms with Crippen molar-refractivity contribution in [2.45, 2.75) is 32.1 Å². The maximum absolute atomic E-state index is 12.8. The number of rotatable bonds is 4. The number of carbonyl (C=O) groups is 1. The van der Waals surface area contributed by atoms with Crippen molar-refractivity contribution in [3.63, 3.8) is 0 Å². The highest BCUT2D eigenvalue weighted by Gasteiger charge is 2.18. The predicted molar refractivity (Wildman–Crippen MR) is 115 cm³/mol. The fourth-order valence-electron chi connectivity index (χ4n) is 4.11. The van der Waals surface area contributed by atoms with Crippen molar-refractivity contribution in [2.24, 2.45) is 0 Å². The van der Waals surface area contributed by atoms with Crippen molar-refractivity contribution in [2.75, 3.05) is 5.32 Å². The van der Waals surface area contributed by atoms with Crippen LogP contribution in [0.1, 0.15) is 45.6 Å². The Labute approximate surface area is 172 Å². The Balaban J connectivity index is 1.38. The molecule has 0 bridgehead atoms. The van der Waals surface area contributed by atoms with E-state index in [1.807, 2.05) is 36.4 Å². The lowest BCUT2D eigenvalue weighted by atomic mass is 9.90. The van der Waals surface area contributed by atoms with Crippen LogP contribution in [-0.4, -0.2) is 26.3 Å². The van der Waals surface area contributed by atoms with Crippen molar-refractivity contribution in [1.82, 2.24) is 20.4 Å². The van der Waals surface area contributed by atoms with Gasteiger partial charge in [0.15, 0.2) is 0 Å². The van der Waals surface area contributed by atoms with E-state index in [2.05, 4.69) is 25.7 Å². The highest BCUT2D eigenvalue weighted by molar-refractivity contribution is 6.05. The average molecular weight is 399 g/mol. The van der Waals surface area contributed by atoms with Gasteiger partial charge in [-0.15, -0.1) is 0 Å². The van der Waals surface area contributed by atoms with Crippen LogP contribution < -0.4 is 10.9 Å². The number of fused-ring (bicyclic) bond motifs is 2. The van der Waals surface area contributed by atoms with E-state index < -0.39 is 0 Å². The fourth-order valence-corrected chi connectivity index (χ4v) is 4.11. The molecule has 1 aliphatic rings. The molecule has 0 atom stereocenters. The quantitative estimate of drug-likeness (QED) is 0.489. The number of carbonyl (C=O) groups excluding carboxylic acids is 1. The molecule has 0 fully saturated rings. The van der Waals surface area contributed by atoms with Crippen molar-refractivity contribution in [3.8, 4) is 0 Å². The molecule has 0 saturated heterocycles. The first-order valence-electron chi connectivity index (χ1n) is 10.1. The van der Waals surface area contributed by atoms with Gasteiger partial charge in [0, 0.05) is 28.6 Å². The summed E-state index contributed by atoms with van der Waals surface area (Å²) in [5.74, 6) is -0.174. The lowest BCUT2D eigenvalue weighted by Gasteiger charge is -2.17. The van der Waals surface area contributed by atoms with Gasteiger partial charge in [-0.2, -0.15) is 10.2 Å². The van der Waals surface area contributed by atoms with E-state index in [9.17, 15) is 9.59 Å². The minimum atomic E-state index is -0.174. The molecule has 1 amide bonds. The van der Waals surface area contributed by atoms with Crippen LogP contribution in [0.3, 0.4) is 0 Å². The summed E-state index contributed by atoms with van der Waals surface area (Å²) in [5, 5.41) is 17.8. The first-order chi connectivity index (χ1) is 14.7. The molecule has 0 spiro atoms. The number of amides is 1. The molecule has 0 radical (unpaired) electrons. The van der Waals surface area contributed by atoms with Gasteiger partial charge in [-0.3, -0.25) is 14.7 Å². The van der Waals surface area contributed by atoms with Gasteiger partial charge >= 0.3 is 0 Å². The van der Waals surface area contributed by atoms with Crippen LogP contribution in [0.2, 0.25) is 0 Å². The summed E-state index contributed by atoms with van der Waals surface area (Å²) in [6, 6.07) is 13.2. The zero-order chi connectivity index (χ0) is 20.5. The van der Waals surface area contributed by atoms with Crippen LogP contribution in [0, 0.1) is 0 Å². The molecular weight excluding hydrogens is 378 g/mol. The van der Waals surface area contributed by atoms with Crippen LogP contribution in [0.15, 0.2) is 53.5 Å². The first kappa shape index (κ1) is 18.3. The summed E-state index contributed by atoms with van der Waals surface area (Å²) in [7, 11) is 0. The summed E-state index contributed by atoms with van der Waals surface area (Å²) >= 11 is 0. The largest absolute Gasteiger partial charge is 0.322 e. The number of anilines is 1. The minimum Gasteiger partial charge on any atom is -0.322 e. The fraction of sp³-hybridized carbons (Fsp3) is 0.217. The summed E-state index contributed by atoms with van der Waals surface area (Å²) in [6.07, 6.45) is 6.14. The van der Waals surface area contributed by atoms with E-state index >= 15 is 0 Å². The standard InChI is InChI=1S/C23H21N5O2/c29-22(25-17-9-8-16-13-24-26-20(16)12-17)15-5-3-4-14(10-15)11-21-18-6-1-2-7-19(18)23(30)28-27-21/h3-5,8-10,12-13H,1-2,6-7,11H2,(H,24,26)(H,25,29)(H,28,30). The van der Waals surface area contributed by atoms with Gasteiger partial charge in [0.2, 0.25) is 0 Å². The molecule has 150 valence electrons. The molecule has 5 rings (SSSR count). The second kappa shape index (κ2) is 7.59. The number of aromatic amines is 2. The lowest BCUT2D eigenvalue weighted by molar-refractivity contribution is 0.102. The smallest absolute Gasteiger partial charge is 0.267 e. The monoisotopic (exact) mass is 399 g/mol. The lowest BCUT2D eigenvalue weighted by Crippen LogP contribution is -2.23. The highest BCUT2D eigenvalue weighted by atomic mass is 16.1. The van der Waals surface area contributed by atoms with Gasteiger partial charge in [-0.25, -0.2) is 5.10 Å². The third-order valence-electron chi connectivity index (χ3n) is 5.64. The van der Waals surface area contributed by atoms with Crippen LogP contribution >= 0.6 is 0 Å². The Morgan fingerprint density at radius 3 is 2.80 bits per heavy atom. The van der Waals surface area contributed by atoms with E-state index in [0.717, 1.165) is 59.0 Å². The van der Waals surface area contributed by atoms with Gasteiger partial charge in [-0.1, -0.05) is 12.1 Å². The Hall–Kier alpha value is -3.74. The average Bonchev–Trinajstić information content (AvgIpc) is 3.24. The Bertz CT molecular complexity index is 1300. The van der Waals surface area contributed by atoms with Gasteiger partial charge in [0.1, 0.15) is 0 Å². The maximum Gasteiger partial charge on any atom is 0.267 e. The Kier molecular flexibility index (Phi) is 4.63. The number of hydrogen-bond acceptors (Lipinski definition) is 4. The SMILES string of the molecule is O=C(Nc1ccc2cn[nH]c2c1)c1cccc(Cc2n[nH]c(=O)c3c2CCCC3)c1. The second-order valence-electron chi connectivity index (χ2n) is 7.67. The Morgan fingerprint density at radius 2 is 1.90 bits per heavy atom. The number of hydrogen-bond donors (Lipinski definition) is 3. The van der Waals surface area contributed by atoms with E-state index in [-0.39, 0.29) is 11.5 Å². The van der Waals surface area contributed by atoms with Crippen molar-refractivity contribution < 1.29 is 4.79 Å². The topological polar surface area (TPSA) is 104 Å². The molecule has 2 heterocycles. The summed E-state index contributed by atoms with van der Waals surface area (Å²) in [4.78, 5) is 24.8. The van der Waals surface area contributed by atoms with Crippen LogP contribution in [0.5, 0.6) is 0 Å². The molecule has 0 unspecified atom stereocenters. The number of nitrogens with zero attached hydrogens (tertiary/aromatic N) is 2. The van der Waals surface area contributed by atoms with Gasteiger partial charge in [-0.05, 0) is 67.1 Å². The van der Waals surface area contributed by atoms with Crippen molar-refractivity contribution in [1.29, 1.82) is 0 Å². The van der Waals surface area contributed by atoms with E-state index in [1.54, 1.807) is 12.3 Å². The molecular formula is C23H21N5O2. The molecule has 30 heavy (non-hydrogen) atoms. The van der Waals surface area contributed by atoms with Crippen LogP contribution in [0.4, 0.5) is 5.69 Å². The summed E-state index contributed by atoms with van der Waals surface area (Å²) in [5.41, 5.74) is 5.91. The molecule has 7 heteroatoms. The number of aromatic nitrogens is 4. The molecule has 0 aliphatic heterocycles. The third kappa shape index (κ3) is 3.50. The molecule has 1 aliphatic carbocycles. The van der Waals surface area contributed by atoms with Crippen LogP contribution in [0.25, 0.3) is 10.9 Å². The zero-order valence-corrected chi connectivity index (χ0v) is 16.4. The van der Waals surface area contributed by atoms with Crippen LogP contribution in [-0.2, 0) is 19.3 Å². The normalized spacial score (nSPS) is 13.2. The van der Waals surface area contributed by atoms with Gasteiger partial charge in [0.25, 0.3) is 11.5 Å². The molecule has 2 aromatic heterocycles. The van der Waals surface area contributed by atoms with Gasteiger partial charge < -0.3 is 5.32 Å². The Morgan fingerprint density at radius 1 is 1.03 bits per heavy atom. The summed E-state index contributed by atoms with van der Waals surface area (Å²) < 4.78 is 0. The summed E-state index contributed by atoms with van der Waals surface area (Å²) in [6.45, 7) is 0. The van der Waals surface area contributed by atoms with Crippen molar-refractivity contribution in [3.05, 3.63) is 87.0 Å². The first-order valence-corrected chi connectivity index (χ1v) is 10.1. The molecule has 7 nitrogen and oxygen atoms in total. The second-order valence-corrected chi connectivity index (χ2v) is 7.67. The predicted octanol–water partition coefficient (Wildman–Crippen LogP) is 3.37. The molecule has 0 saturated carbocycles. The van der Waals surface area contributed by atoms with E-state index in [4.69, 9.17) is 0 Å². The molecule has 2 aromatic carbocycles. The number of benzene rings is 2. The molecule has 4 aromatic rings. The highest BCUT2D eigenvalue weighted by Crippen LogP contribution is 2.23. The number of H-pyrrole nitrogens is 2. The van der Waals surface area contributed by atoms with E-state index in [0.29, 0.717) is 17.7 Å². The maximum atomic E-state index is 12.8. The number of nitrogens with one attached hydrogen (secondary N) is 3. The van der Waals surface area contributed by atoms with Crippen molar-refractivity contribution >= 4 is 22.5 Å². The molecule has 3 N–H and O–H groups in total. The third-order valence-corrected chi connectivity index (χ3v) is 5.64. The minimum absolute atomic E-state index is 0.0733. The van der Waals surface area contributed by atoms with Gasteiger partial charge in [0.05, 0.1) is 17.4 Å².